The lowest BCUT2D eigenvalue weighted by Gasteiger charge is -2.05. The third-order valence-electron chi connectivity index (χ3n) is 1.28. The van der Waals surface area contributed by atoms with Crippen LogP contribution >= 0.6 is 11.6 Å². The zero-order valence-corrected chi connectivity index (χ0v) is 8.33. The van der Waals surface area contributed by atoms with Gasteiger partial charge in [0.15, 0.2) is 0 Å². The molecule has 68 valence electrons. The second-order valence-electron chi connectivity index (χ2n) is 2.47. The molecule has 1 N–H and O–H groups in total. The highest BCUT2D eigenvalue weighted by Gasteiger charge is 2.06. The van der Waals surface area contributed by atoms with Crippen molar-refractivity contribution in [2.45, 2.75) is 25.9 Å². The van der Waals surface area contributed by atoms with Crippen molar-refractivity contribution in [1.82, 2.24) is 0 Å². The van der Waals surface area contributed by atoms with E-state index in [0.29, 0.717) is 11.5 Å². The van der Waals surface area contributed by atoms with Crippen molar-refractivity contribution in [3.63, 3.8) is 0 Å². The van der Waals surface area contributed by atoms with Crippen LogP contribution in [0.25, 0.3) is 0 Å². The van der Waals surface area contributed by atoms with Crippen LogP contribution in [0.4, 0.5) is 0 Å². The minimum Gasteiger partial charge on any atom is -0.391 e. The van der Waals surface area contributed by atoms with Gasteiger partial charge >= 0.3 is 0 Å². The third-order valence-corrected chi connectivity index (χ3v) is 3.14. The number of aliphatic hydroxyl groups excluding tert-OH is 1. The van der Waals surface area contributed by atoms with Crippen molar-refractivity contribution in [2.24, 2.45) is 0 Å². The van der Waals surface area contributed by atoms with E-state index in [1.165, 1.54) is 0 Å². The average Bonchev–Trinajstić information content (AvgIpc) is 2.00. The molecule has 0 unspecified atom stereocenters. The van der Waals surface area contributed by atoms with Gasteiger partial charge in [0.25, 0.3) is 0 Å². The van der Waals surface area contributed by atoms with Crippen LogP contribution in [0, 0.1) is 0 Å². The Labute approximate surface area is 75.4 Å². The molecule has 4 heteroatoms. The highest BCUT2D eigenvalue weighted by Crippen LogP contribution is 1.96. The molecule has 11 heavy (non-hydrogen) atoms. The molecule has 2 atom stereocenters. The topological polar surface area (TPSA) is 37.3 Å². The van der Waals surface area contributed by atoms with E-state index in [1.807, 2.05) is 0 Å². The van der Waals surface area contributed by atoms with Crippen LogP contribution in [0.3, 0.4) is 0 Å². The standard InChI is InChI=1S/C7H15ClO2S/c1-2-3-4-11(10)6-7(9)5-8/h7,9H,2-6H2,1H3/t7-,11+/m1/s1. The van der Waals surface area contributed by atoms with E-state index in [9.17, 15) is 4.21 Å². The summed E-state index contributed by atoms with van der Waals surface area (Å²) in [6.45, 7) is 2.05. The van der Waals surface area contributed by atoms with Crippen molar-refractivity contribution in [3.05, 3.63) is 0 Å². The minimum atomic E-state index is -0.884. The molecular formula is C7H15ClO2S. The summed E-state index contributed by atoms with van der Waals surface area (Å²) in [5.41, 5.74) is 0. The van der Waals surface area contributed by atoms with E-state index in [-0.39, 0.29) is 5.88 Å². The Morgan fingerprint density at radius 2 is 2.27 bits per heavy atom. The lowest BCUT2D eigenvalue weighted by Crippen LogP contribution is -2.19. The summed E-state index contributed by atoms with van der Waals surface area (Å²) in [7, 11) is -0.884. The molecule has 0 amide bonds. The molecule has 0 spiro atoms. The van der Waals surface area contributed by atoms with E-state index in [1.54, 1.807) is 0 Å². The smallest absolute Gasteiger partial charge is 0.0790 e. The molecule has 0 aliphatic heterocycles. The van der Waals surface area contributed by atoms with Gasteiger partial charge in [0.2, 0.25) is 0 Å². The first-order chi connectivity index (χ1) is 5.20. The normalized spacial score (nSPS) is 16.3. The predicted molar refractivity (Wildman–Crippen MR) is 49.5 cm³/mol. The fourth-order valence-electron chi connectivity index (χ4n) is 0.648. The van der Waals surface area contributed by atoms with Gasteiger partial charge in [-0.15, -0.1) is 11.6 Å². The lowest BCUT2D eigenvalue weighted by molar-refractivity contribution is 0.222. The number of unbranched alkanes of at least 4 members (excludes halogenated alkanes) is 1. The molecule has 0 radical (unpaired) electrons. The Morgan fingerprint density at radius 1 is 1.64 bits per heavy atom. The number of hydrogen-bond donors (Lipinski definition) is 1. The van der Waals surface area contributed by atoms with Crippen LogP contribution in [0.2, 0.25) is 0 Å². The molecule has 2 nitrogen and oxygen atoms in total. The Morgan fingerprint density at radius 3 is 2.73 bits per heavy atom. The molecule has 0 aliphatic carbocycles. The zero-order chi connectivity index (χ0) is 8.69. The van der Waals surface area contributed by atoms with Crippen LogP contribution in [-0.4, -0.2) is 32.8 Å². The van der Waals surface area contributed by atoms with Gasteiger partial charge in [-0.2, -0.15) is 0 Å². The van der Waals surface area contributed by atoms with Gasteiger partial charge in [-0.05, 0) is 6.42 Å². The molecule has 0 bridgehead atoms. The minimum absolute atomic E-state index is 0.178. The second kappa shape index (κ2) is 7.07. The van der Waals surface area contributed by atoms with E-state index in [0.717, 1.165) is 12.8 Å². The summed E-state index contributed by atoms with van der Waals surface area (Å²) in [6.07, 6.45) is 1.40. The number of alkyl halides is 1. The van der Waals surface area contributed by atoms with Crippen molar-refractivity contribution in [1.29, 1.82) is 0 Å². The van der Waals surface area contributed by atoms with Gasteiger partial charge in [-0.3, -0.25) is 4.21 Å². The SMILES string of the molecule is CCCC[S@](=O)C[C@H](O)CCl. The van der Waals surface area contributed by atoms with Crippen LogP contribution in [0.1, 0.15) is 19.8 Å². The monoisotopic (exact) mass is 198 g/mol. The average molecular weight is 199 g/mol. The molecular weight excluding hydrogens is 184 g/mol. The molecule has 0 saturated carbocycles. The summed E-state index contributed by atoms with van der Waals surface area (Å²) in [5, 5.41) is 9.00. The van der Waals surface area contributed by atoms with Crippen LogP contribution in [-0.2, 0) is 10.8 Å². The Hall–Kier alpha value is 0.400. The molecule has 0 rings (SSSR count). The Bertz CT molecular complexity index is 119. The highest BCUT2D eigenvalue weighted by atomic mass is 35.5. The maximum Gasteiger partial charge on any atom is 0.0790 e. The molecule has 0 aromatic rings. The van der Waals surface area contributed by atoms with Gasteiger partial charge in [0.1, 0.15) is 0 Å². The predicted octanol–water partition coefficient (Wildman–Crippen LogP) is 1.13. The quantitative estimate of drug-likeness (QED) is 0.650. The summed E-state index contributed by atoms with van der Waals surface area (Å²) < 4.78 is 11.1. The fraction of sp³-hybridized carbons (Fsp3) is 1.00. The molecule has 0 aromatic carbocycles. The number of aliphatic hydroxyl groups is 1. The van der Waals surface area contributed by atoms with Gasteiger partial charge in [-0.1, -0.05) is 13.3 Å². The van der Waals surface area contributed by atoms with E-state index < -0.39 is 16.9 Å². The lowest BCUT2D eigenvalue weighted by atomic mass is 10.4. The Balaban J connectivity index is 3.36. The summed E-state index contributed by atoms with van der Waals surface area (Å²) in [6, 6.07) is 0. The summed E-state index contributed by atoms with van der Waals surface area (Å²) in [5.74, 6) is 1.19. The first-order valence-electron chi connectivity index (χ1n) is 3.79. The maximum atomic E-state index is 11.1. The van der Waals surface area contributed by atoms with Crippen molar-refractivity contribution < 1.29 is 9.32 Å². The van der Waals surface area contributed by atoms with Gasteiger partial charge in [-0.25, -0.2) is 0 Å². The largest absolute Gasteiger partial charge is 0.391 e. The van der Waals surface area contributed by atoms with Crippen molar-refractivity contribution in [2.75, 3.05) is 17.4 Å². The molecule has 0 aromatic heterocycles. The molecule has 0 heterocycles. The fourth-order valence-corrected chi connectivity index (χ4v) is 2.21. The first-order valence-corrected chi connectivity index (χ1v) is 5.82. The van der Waals surface area contributed by atoms with Gasteiger partial charge in [0.05, 0.1) is 11.9 Å². The molecule has 0 saturated heterocycles. The molecule has 0 aliphatic rings. The number of hydrogen-bond acceptors (Lipinski definition) is 2. The first kappa shape index (κ1) is 11.4. The maximum absolute atomic E-state index is 11.1. The van der Waals surface area contributed by atoms with E-state index in [4.69, 9.17) is 16.7 Å². The van der Waals surface area contributed by atoms with Crippen LogP contribution < -0.4 is 0 Å². The molecule has 0 fully saturated rings. The van der Waals surface area contributed by atoms with E-state index in [2.05, 4.69) is 6.92 Å². The van der Waals surface area contributed by atoms with Crippen LogP contribution in [0.5, 0.6) is 0 Å². The summed E-state index contributed by atoms with van der Waals surface area (Å²) in [4.78, 5) is 0. The zero-order valence-electron chi connectivity index (χ0n) is 6.75. The number of rotatable bonds is 6. The van der Waals surface area contributed by atoms with Crippen molar-refractivity contribution >= 4 is 22.4 Å². The third kappa shape index (κ3) is 6.78. The van der Waals surface area contributed by atoms with Crippen LogP contribution in [0.15, 0.2) is 0 Å². The van der Waals surface area contributed by atoms with Gasteiger partial charge < -0.3 is 5.11 Å². The Kier molecular flexibility index (Phi) is 7.33. The van der Waals surface area contributed by atoms with Crippen molar-refractivity contribution in [3.8, 4) is 0 Å². The summed E-state index contributed by atoms with van der Waals surface area (Å²) >= 11 is 5.35. The number of halogens is 1. The highest BCUT2D eigenvalue weighted by molar-refractivity contribution is 7.85. The second-order valence-corrected chi connectivity index (χ2v) is 4.40. The van der Waals surface area contributed by atoms with Gasteiger partial charge in [0, 0.05) is 22.4 Å². The van der Waals surface area contributed by atoms with E-state index >= 15 is 0 Å².